The number of benzene rings is 2. The molecule has 2 aromatic rings. The number of likely N-dealkylation sites (N-methyl/N-ethyl adjacent to an activating group) is 2. The van der Waals surface area contributed by atoms with Crippen LogP contribution in [0.1, 0.15) is 69.0 Å². The molecule has 4 N–H and O–H groups in total. The molecule has 0 aromatic heterocycles. The van der Waals surface area contributed by atoms with Crippen molar-refractivity contribution in [1.82, 2.24) is 0 Å². The van der Waals surface area contributed by atoms with Crippen LogP contribution in [0.25, 0.3) is 10.6 Å². The van der Waals surface area contributed by atoms with Crippen LogP contribution in [-0.4, -0.2) is 37.1 Å². The number of hydrogen-bond donors (Lipinski definition) is 2. The fourth-order valence-corrected chi connectivity index (χ4v) is 4.90. The topological polar surface area (TPSA) is 134 Å². The van der Waals surface area contributed by atoms with E-state index >= 15 is 0 Å². The largest absolute Gasteiger partial charge is 3.00 e. The molecule has 1 fully saturated rings. The molecule has 0 bridgehead atoms. The molecule has 1 aliphatic rings. The summed E-state index contributed by atoms with van der Waals surface area (Å²) in [7, 11) is -1.87. The van der Waals surface area contributed by atoms with Crippen LogP contribution >= 0.6 is 0 Å². The van der Waals surface area contributed by atoms with Gasteiger partial charge in [0.1, 0.15) is 0 Å². The number of halogens is 6. The summed E-state index contributed by atoms with van der Waals surface area (Å²) in [6, 6.07) is 7.47. The summed E-state index contributed by atoms with van der Waals surface area (Å²) in [6.45, 7) is 11.8. The molecule has 1 saturated carbocycles. The third kappa shape index (κ3) is 13.5. The summed E-state index contributed by atoms with van der Waals surface area (Å²) >= 11 is 0. The molecule has 0 spiro atoms. The maximum Gasteiger partial charge on any atom is 3.00 e. The van der Waals surface area contributed by atoms with Gasteiger partial charge in [-0.15, -0.1) is 12.1 Å². The average Bonchev–Trinajstić information content (AvgIpc) is 3.03. The van der Waals surface area contributed by atoms with Gasteiger partial charge in [-0.2, -0.15) is 67.6 Å². The van der Waals surface area contributed by atoms with Crippen LogP contribution in [0.2, 0.25) is 0 Å². The van der Waals surface area contributed by atoms with Crippen molar-refractivity contribution in [3.05, 3.63) is 87.3 Å². The molecule has 1 aliphatic carbocycles. The molecule has 2 aromatic carbocycles. The van der Waals surface area contributed by atoms with Crippen molar-refractivity contribution >= 4 is 10.4 Å². The molecular weight excluding hydrogens is 783 g/mol. The second-order valence-corrected chi connectivity index (χ2v) is 11.0. The van der Waals surface area contributed by atoms with Gasteiger partial charge in [0.15, 0.2) is 0 Å². The van der Waals surface area contributed by atoms with Gasteiger partial charge in [0.2, 0.25) is 0 Å². The Kier molecular flexibility index (Phi) is 18.0. The molecule has 0 radical (unpaired) electrons. The molecule has 3 rings (SSSR count). The summed E-state index contributed by atoms with van der Waals surface area (Å²) in [6.07, 6.45) is -9.05. The second-order valence-electron chi connectivity index (χ2n) is 10.1. The predicted molar refractivity (Wildman–Crippen MR) is 150 cm³/mol. The zero-order valence-corrected chi connectivity index (χ0v) is 27.9. The Morgan fingerprint density at radius 2 is 1.02 bits per heavy atom. The van der Waals surface area contributed by atoms with Crippen LogP contribution in [0.5, 0.6) is 0 Å². The van der Waals surface area contributed by atoms with E-state index in [4.69, 9.17) is 17.5 Å². The molecule has 0 amide bonds. The van der Waals surface area contributed by atoms with Crippen LogP contribution in [0.4, 0.5) is 26.3 Å². The molecule has 7 nitrogen and oxygen atoms in total. The van der Waals surface area contributed by atoms with Gasteiger partial charge in [0.25, 0.3) is 0 Å². The van der Waals surface area contributed by atoms with E-state index in [1.54, 1.807) is 5.92 Å². The van der Waals surface area contributed by atoms with Gasteiger partial charge in [-0.1, -0.05) is 87.1 Å². The van der Waals surface area contributed by atoms with Gasteiger partial charge >= 0.3 is 42.9 Å². The van der Waals surface area contributed by atoms with Crippen molar-refractivity contribution in [2.45, 2.75) is 59.1 Å². The van der Waals surface area contributed by atoms with Crippen LogP contribution in [-0.2, 0) is 42.9 Å². The van der Waals surface area contributed by atoms with Crippen molar-refractivity contribution in [1.29, 1.82) is 0 Å². The molecule has 6 atom stereocenters. The predicted octanol–water partition coefficient (Wildman–Crippen LogP) is 8.17. The monoisotopic (exact) mass is 822 g/mol. The van der Waals surface area contributed by atoms with E-state index < -0.39 is 46.0 Å². The van der Waals surface area contributed by atoms with Crippen molar-refractivity contribution in [3.8, 4) is 0 Å². The van der Waals surface area contributed by atoms with Crippen molar-refractivity contribution in [2.75, 3.05) is 14.1 Å². The van der Waals surface area contributed by atoms with Crippen molar-refractivity contribution in [2.24, 2.45) is 23.7 Å². The Morgan fingerprint density at radius 3 is 1.21 bits per heavy atom. The van der Waals surface area contributed by atoms with E-state index in [-0.39, 0.29) is 36.7 Å². The fraction of sp³-hybridized carbons (Fsp3) is 0.536. The van der Waals surface area contributed by atoms with Gasteiger partial charge in [-0.3, -0.25) is 9.11 Å². The quantitative estimate of drug-likeness (QED) is 0.179. The van der Waals surface area contributed by atoms with Crippen LogP contribution in [0, 0.1) is 29.6 Å². The molecule has 248 valence electrons. The summed E-state index contributed by atoms with van der Waals surface area (Å²) in [4.78, 5) is 0. The number of nitrogens with zero attached hydrogens (tertiary/aromatic N) is 2. The number of rotatable bonds is 5. The van der Waals surface area contributed by atoms with Gasteiger partial charge in [-0.25, -0.2) is 0 Å². The maximum atomic E-state index is 12.9. The zero-order chi connectivity index (χ0) is 31.9. The van der Waals surface area contributed by atoms with E-state index in [2.05, 4.69) is 45.3 Å². The van der Waals surface area contributed by atoms with E-state index in [1.165, 1.54) is 38.4 Å². The van der Waals surface area contributed by atoms with E-state index in [9.17, 15) is 26.3 Å². The molecule has 0 saturated heterocycles. The van der Waals surface area contributed by atoms with Gasteiger partial charge in [-0.05, 0) is 12.1 Å². The molecule has 15 heteroatoms. The van der Waals surface area contributed by atoms with Crippen molar-refractivity contribution < 1.29 is 69.4 Å². The Hall–Kier alpha value is -1.58. The summed E-state index contributed by atoms with van der Waals surface area (Å²) < 4.78 is 109. The van der Waals surface area contributed by atoms with Crippen LogP contribution in [0.15, 0.2) is 48.5 Å². The Morgan fingerprint density at radius 1 is 0.744 bits per heavy atom. The second kappa shape index (κ2) is 17.8. The van der Waals surface area contributed by atoms with E-state index in [0.717, 1.165) is 47.9 Å². The molecule has 4 unspecified atom stereocenters. The SMILES string of the molecule is C[C-]1C(C)C(C)C(C)C1C.C[N-][C@H](c1cccc(C(F)(F)F)c1)[C@H]([N-]C)c1cccc(C(F)(F)F)c1.O.O=S(=O)(O)O.[Ir+3]. The summed E-state index contributed by atoms with van der Waals surface area (Å²) in [5.74, 6) is 5.21. The third-order valence-electron chi connectivity index (χ3n) is 7.81. The molecular formula is C28H39F6IrN2O5S. The fourth-order valence-electron chi connectivity index (χ4n) is 4.90. The van der Waals surface area contributed by atoms with Crippen molar-refractivity contribution in [3.63, 3.8) is 0 Å². The standard InChI is InChI=1S/C18H16F6N2.C10H19.Ir.H2O4S.H2O/c1-25-15(11-5-3-7-13(9-11)17(19,20)21)16(26-2)12-6-4-8-14(10-12)18(22,23)24;1-6-7(2)9(4)10(5)8(6)3;;1-5(2,3)4;/h3-10,15-16H,1-2H3;6-9H,1-5H3;;(H2,1,2,3,4);1H2/q-2;-1;+3;;/t15-,16-;;;;/m1..../s1. The normalized spacial score (nSPS) is 22.0. The maximum absolute atomic E-state index is 12.9. The minimum Gasteiger partial charge on any atom is -0.659 e. The first-order valence-electron chi connectivity index (χ1n) is 12.7. The first-order chi connectivity index (χ1) is 18.6. The van der Waals surface area contributed by atoms with Gasteiger partial charge in [0.05, 0.1) is 11.1 Å². The Labute approximate surface area is 263 Å². The van der Waals surface area contributed by atoms with E-state index in [0.29, 0.717) is 0 Å². The average molecular weight is 822 g/mol. The van der Waals surface area contributed by atoms with Crippen LogP contribution < -0.4 is 0 Å². The minimum absolute atomic E-state index is 0. The Bertz CT molecular complexity index is 1100. The van der Waals surface area contributed by atoms with E-state index in [1.807, 2.05) is 0 Å². The Balaban J connectivity index is 0. The van der Waals surface area contributed by atoms with Gasteiger partial charge in [0, 0.05) is 0 Å². The zero-order valence-electron chi connectivity index (χ0n) is 24.7. The van der Waals surface area contributed by atoms with Gasteiger partial charge < -0.3 is 22.0 Å². The molecule has 43 heavy (non-hydrogen) atoms. The first kappa shape index (κ1) is 43.5. The minimum atomic E-state index is -4.67. The number of hydrogen-bond acceptors (Lipinski definition) is 2. The number of alkyl halides is 6. The first-order valence-corrected chi connectivity index (χ1v) is 14.1. The summed E-state index contributed by atoms with van der Waals surface area (Å²) in [5.41, 5.74) is -1.23. The van der Waals surface area contributed by atoms with Crippen LogP contribution in [0.3, 0.4) is 0 Å². The smallest absolute Gasteiger partial charge is 0.659 e. The summed E-state index contributed by atoms with van der Waals surface area (Å²) in [5, 5.41) is 8.16. The molecule has 0 heterocycles. The molecule has 0 aliphatic heterocycles. The third-order valence-corrected chi connectivity index (χ3v) is 7.81.